The summed E-state index contributed by atoms with van der Waals surface area (Å²) >= 11 is 0. The molecule has 3 aromatic rings. The van der Waals surface area contributed by atoms with Crippen LogP contribution >= 0.6 is 0 Å². The number of H-pyrrole nitrogens is 1. The highest BCUT2D eigenvalue weighted by Gasteiger charge is 2.28. The average molecular weight is 517 g/mol. The van der Waals surface area contributed by atoms with Gasteiger partial charge in [-0.1, -0.05) is 19.9 Å². The van der Waals surface area contributed by atoms with Crippen molar-refractivity contribution in [1.29, 1.82) is 0 Å². The van der Waals surface area contributed by atoms with E-state index in [4.69, 9.17) is 4.74 Å². The van der Waals surface area contributed by atoms with E-state index in [0.717, 1.165) is 82.6 Å². The number of pyridine rings is 1. The van der Waals surface area contributed by atoms with E-state index in [1.165, 1.54) is 33.3 Å². The lowest BCUT2D eigenvalue weighted by Crippen LogP contribution is -2.46. The molecule has 3 aliphatic rings. The van der Waals surface area contributed by atoms with Gasteiger partial charge in [0.2, 0.25) is 5.91 Å². The number of carbonyl (C=O) groups is 1. The number of hydrogen-bond acceptors (Lipinski definition) is 4. The predicted molar refractivity (Wildman–Crippen MR) is 151 cm³/mol. The third-order valence-corrected chi connectivity index (χ3v) is 8.94. The first-order valence-corrected chi connectivity index (χ1v) is 14.4. The number of nitrogens with one attached hydrogen (secondary N) is 1. The number of nitrogens with zero attached hydrogens (tertiary/aromatic N) is 3. The van der Waals surface area contributed by atoms with Gasteiger partial charge in [0.1, 0.15) is 0 Å². The van der Waals surface area contributed by atoms with E-state index in [0.29, 0.717) is 18.4 Å². The number of aromatic nitrogens is 2. The summed E-state index contributed by atoms with van der Waals surface area (Å²) in [6, 6.07) is 6.90. The summed E-state index contributed by atoms with van der Waals surface area (Å²) in [6.45, 7) is 9.83. The summed E-state index contributed by atoms with van der Waals surface area (Å²) in [4.78, 5) is 33.6. The molecule has 2 aromatic heterocycles. The van der Waals surface area contributed by atoms with E-state index in [2.05, 4.69) is 46.8 Å². The lowest BCUT2D eigenvalue weighted by atomic mass is 9.87. The summed E-state index contributed by atoms with van der Waals surface area (Å²) in [7, 11) is 1.87. The summed E-state index contributed by atoms with van der Waals surface area (Å²) in [6.07, 6.45) is 6.95. The maximum Gasteiger partial charge on any atom is 0.253 e. The zero-order chi connectivity index (χ0) is 26.4. The lowest BCUT2D eigenvalue weighted by Gasteiger charge is -2.34. The van der Waals surface area contributed by atoms with Gasteiger partial charge in [0.15, 0.2) is 0 Å². The van der Waals surface area contributed by atoms with Gasteiger partial charge in [0, 0.05) is 61.5 Å². The van der Waals surface area contributed by atoms with Crippen LogP contribution in [0.5, 0.6) is 0 Å². The van der Waals surface area contributed by atoms with Crippen LogP contribution < -0.4 is 5.56 Å². The van der Waals surface area contributed by atoms with Crippen molar-refractivity contribution in [2.75, 3.05) is 45.9 Å². The summed E-state index contributed by atoms with van der Waals surface area (Å²) in [5.74, 6) is 1.07. The molecule has 0 unspecified atom stereocenters. The van der Waals surface area contributed by atoms with Crippen LogP contribution in [-0.2, 0) is 29.4 Å². The molecule has 0 bridgehead atoms. The fourth-order valence-corrected chi connectivity index (χ4v) is 6.84. The Balaban J connectivity index is 1.25. The highest BCUT2D eigenvalue weighted by atomic mass is 16.5. The molecule has 1 aliphatic carbocycles. The highest BCUT2D eigenvalue weighted by Crippen LogP contribution is 2.40. The molecule has 0 atom stereocenters. The Hall–Kier alpha value is -2.90. The van der Waals surface area contributed by atoms with E-state index < -0.39 is 0 Å². The fraction of sp³-hybridized carbons (Fsp3) is 0.548. The first kappa shape index (κ1) is 25.4. The quantitative estimate of drug-likeness (QED) is 0.552. The minimum Gasteiger partial charge on any atom is -0.379 e. The zero-order valence-electron chi connectivity index (χ0n) is 23.0. The number of rotatable bonds is 5. The number of morpholine rings is 1. The number of aryl methyl sites for hydroxylation is 1. The van der Waals surface area contributed by atoms with Gasteiger partial charge in [-0.15, -0.1) is 0 Å². The van der Waals surface area contributed by atoms with Crippen molar-refractivity contribution < 1.29 is 9.53 Å². The average Bonchev–Trinajstić information content (AvgIpc) is 3.57. The Labute approximate surface area is 224 Å². The molecule has 2 fully saturated rings. The number of fused-ring (bicyclic) bond motifs is 2. The molecular weight excluding hydrogens is 476 g/mol. The standard InChI is InChI=1S/C31H40N4O3/c1-20(2)29-25-17-22(21-9-11-35(12-10-21)28(36)19-34-13-15-38-16-14-34)7-8-27(25)32-30(29)26-18-33(3)31(37)24-6-4-5-23(24)26/h7-8,17-18,20-21,32H,4-6,9-16,19H2,1-3H3. The Morgan fingerprint density at radius 1 is 1.08 bits per heavy atom. The smallest absolute Gasteiger partial charge is 0.253 e. The maximum atomic E-state index is 12.9. The van der Waals surface area contributed by atoms with Gasteiger partial charge in [0.05, 0.1) is 25.5 Å². The first-order chi connectivity index (χ1) is 18.4. The second-order valence-corrected chi connectivity index (χ2v) is 11.7. The van der Waals surface area contributed by atoms with Crippen molar-refractivity contribution in [2.24, 2.45) is 7.05 Å². The Bertz CT molecular complexity index is 1400. The molecule has 7 heteroatoms. The summed E-state index contributed by atoms with van der Waals surface area (Å²) in [5, 5.41) is 1.29. The minimum absolute atomic E-state index is 0.153. The second kappa shape index (κ2) is 10.3. The number of amides is 1. The number of likely N-dealkylation sites (tertiary alicyclic amines) is 1. The molecule has 1 amide bonds. The zero-order valence-corrected chi connectivity index (χ0v) is 23.0. The number of benzene rings is 1. The van der Waals surface area contributed by atoms with Gasteiger partial charge < -0.3 is 19.2 Å². The van der Waals surface area contributed by atoms with E-state index in [-0.39, 0.29) is 11.5 Å². The molecule has 38 heavy (non-hydrogen) atoms. The lowest BCUT2D eigenvalue weighted by molar-refractivity contribution is -0.134. The highest BCUT2D eigenvalue weighted by molar-refractivity contribution is 5.92. The number of ether oxygens (including phenoxy) is 1. The molecule has 2 saturated heterocycles. The van der Waals surface area contributed by atoms with Crippen LogP contribution in [0.1, 0.15) is 67.2 Å². The predicted octanol–water partition coefficient (Wildman–Crippen LogP) is 4.18. The van der Waals surface area contributed by atoms with Crippen molar-refractivity contribution in [3.8, 4) is 11.3 Å². The molecule has 4 heterocycles. The van der Waals surface area contributed by atoms with Crippen LogP contribution in [0, 0.1) is 0 Å². The van der Waals surface area contributed by atoms with Gasteiger partial charge >= 0.3 is 0 Å². The van der Waals surface area contributed by atoms with Crippen molar-refractivity contribution >= 4 is 16.8 Å². The number of piperidine rings is 1. The molecule has 1 aromatic carbocycles. The maximum absolute atomic E-state index is 12.9. The topological polar surface area (TPSA) is 70.6 Å². The Morgan fingerprint density at radius 3 is 2.55 bits per heavy atom. The van der Waals surface area contributed by atoms with Crippen LogP contribution in [0.15, 0.2) is 29.2 Å². The second-order valence-electron chi connectivity index (χ2n) is 11.7. The normalized spacial score (nSPS) is 19.0. The van der Waals surface area contributed by atoms with Gasteiger partial charge in [-0.25, -0.2) is 0 Å². The third kappa shape index (κ3) is 4.60. The Kier molecular flexibility index (Phi) is 6.91. The number of carbonyl (C=O) groups excluding carboxylic acids is 1. The molecule has 202 valence electrons. The molecule has 0 radical (unpaired) electrons. The van der Waals surface area contributed by atoms with Crippen LogP contribution in [-0.4, -0.2) is 71.2 Å². The largest absolute Gasteiger partial charge is 0.379 e. The van der Waals surface area contributed by atoms with E-state index in [1.807, 2.05) is 13.2 Å². The number of hydrogen-bond donors (Lipinski definition) is 1. The van der Waals surface area contributed by atoms with Crippen molar-refractivity contribution in [2.45, 2.75) is 57.8 Å². The van der Waals surface area contributed by atoms with Crippen LogP contribution in [0.4, 0.5) is 0 Å². The molecule has 0 spiro atoms. The van der Waals surface area contributed by atoms with Crippen LogP contribution in [0.3, 0.4) is 0 Å². The van der Waals surface area contributed by atoms with Crippen molar-refractivity contribution in [3.05, 3.63) is 57.0 Å². The molecule has 2 aliphatic heterocycles. The molecule has 6 rings (SSSR count). The van der Waals surface area contributed by atoms with Crippen LogP contribution in [0.2, 0.25) is 0 Å². The third-order valence-electron chi connectivity index (χ3n) is 8.94. The first-order valence-electron chi connectivity index (χ1n) is 14.4. The number of aromatic amines is 1. The monoisotopic (exact) mass is 516 g/mol. The fourth-order valence-electron chi connectivity index (χ4n) is 6.84. The van der Waals surface area contributed by atoms with Gasteiger partial charge in [-0.05, 0) is 72.8 Å². The Morgan fingerprint density at radius 2 is 1.82 bits per heavy atom. The summed E-state index contributed by atoms with van der Waals surface area (Å²) in [5.41, 5.74) is 8.61. The molecule has 1 N–H and O–H groups in total. The van der Waals surface area contributed by atoms with E-state index in [1.54, 1.807) is 4.57 Å². The SMILES string of the molecule is CC(C)c1c(-c2cn(C)c(=O)c3c2CCC3)[nH]c2ccc(C3CCN(C(=O)CN4CCOCC4)CC3)cc12. The van der Waals surface area contributed by atoms with Gasteiger partial charge in [-0.2, -0.15) is 0 Å². The van der Waals surface area contributed by atoms with E-state index in [9.17, 15) is 9.59 Å². The van der Waals surface area contributed by atoms with Crippen molar-refractivity contribution in [3.63, 3.8) is 0 Å². The van der Waals surface area contributed by atoms with Crippen molar-refractivity contribution in [1.82, 2.24) is 19.4 Å². The minimum atomic E-state index is 0.153. The molecular formula is C31H40N4O3. The van der Waals surface area contributed by atoms with E-state index >= 15 is 0 Å². The van der Waals surface area contributed by atoms with Crippen LogP contribution in [0.25, 0.3) is 22.2 Å². The summed E-state index contributed by atoms with van der Waals surface area (Å²) < 4.78 is 7.18. The molecule has 7 nitrogen and oxygen atoms in total. The van der Waals surface area contributed by atoms with Gasteiger partial charge in [-0.3, -0.25) is 14.5 Å². The van der Waals surface area contributed by atoms with Gasteiger partial charge in [0.25, 0.3) is 5.56 Å². The molecule has 0 saturated carbocycles.